The number of hydrogen-bond donors (Lipinski definition) is 1. The van der Waals surface area contributed by atoms with Crippen molar-refractivity contribution in [2.45, 2.75) is 6.92 Å². The summed E-state index contributed by atoms with van der Waals surface area (Å²) < 4.78 is 6.44. The van der Waals surface area contributed by atoms with Crippen LogP contribution in [0.2, 0.25) is 0 Å². The number of halogens is 1. The van der Waals surface area contributed by atoms with Gasteiger partial charge in [-0.15, -0.1) is 0 Å². The van der Waals surface area contributed by atoms with Crippen LogP contribution in [0.1, 0.15) is 5.69 Å². The van der Waals surface area contributed by atoms with Crippen molar-refractivity contribution >= 4 is 27.8 Å². The summed E-state index contributed by atoms with van der Waals surface area (Å²) in [5.41, 5.74) is 3.77. The van der Waals surface area contributed by atoms with Crippen LogP contribution in [0, 0.1) is 6.92 Å². The second-order valence-electron chi connectivity index (χ2n) is 3.82. The van der Waals surface area contributed by atoms with Crippen molar-refractivity contribution in [3.63, 3.8) is 0 Å². The molecule has 5 heteroatoms. The Bertz CT molecular complexity index is 604. The molecule has 17 heavy (non-hydrogen) atoms. The highest BCUT2D eigenvalue weighted by atomic mass is 79.9. The minimum absolute atomic E-state index is 0.539. The minimum atomic E-state index is 0.539. The molecule has 0 radical (unpaired) electrons. The zero-order valence-corrected chi connectivity index (χ0v) is 10.8. The molecule has 0 spiro atoms. The Morgan fingerprint density at radius 1 is 1.41 bits per heavy atom. The number of nitrogens with one attached hydrogen (secondary N) is 1. The van der Waals surface area contributed by atoms with Gasteiger partial charge in [-0.05, 0) is 41.1 Å². The normalized spacial score (nSPS) is 13.3. The summed E-state index contributed by atoms with van der Waals surface area (Å²) in [5.74, 6) is 0.819. The number of rotatable bonds is 1. The summed E-state index contributed by atoms with van der Waals surface area (Å²) >= 11 is 3.52. The zero-order valence-electron chi connectivity index (χ0n) is 9.20. The van der Waals surface area contributed by atoms with Gasteiger partial charge in [0.25, 0.3) is 0 Å². The number of aromatic amines is 1. The van der Waals surface area contributed by atoms with Crippen molar-refractivity contribution in [3.05, 3.63) is 28.4 Å². The quantitative estimate of drug-likeness (QED) is 0.877. The summed E-state index contributed by atoms with van der Waals surface area (Å²) in [5, 5.41) is 7.22. The number of aromatic nitrogens is 2. The lowest BCUT2D eigenvalue weighted by Gasteiger charge is -2.12. The van der Waals surface area contributed by atoms with Crippen LogP contribution in [0.5, 0.6) is 5.75 Å². The average Bonchev–Trinajstić information content (AvgIpc) is 2.70. The van der Waals surface area contributed by atoms with Gasteiger partial charge < -0.3 is 4.74 Å². The van der Waals surface area contributed by atoms with Crippen LogP contribution < -0.4 is 4.74 Å². The summed E-state index contributed by atoms with van der Waals surface area (Å²) in [6, 6.07) is 5.89. The Morgan fingerprint density at radius 3 is 3.06 bits per heavy atom. The van der Waals surface area contributed by atoms with Gasteiger partial charge in [0.05, 0.1) is 4.47 Å². The van der Waals surface area contributed by atoms with E-state index in [2.05, 4.69) is 31.1 Å². The van der Waals surface area contributed by atoms with E-state index in [0.29, 0.717) is 6.61 Å². The number of fused-ring (bicyclic) bond motifs is 1. The molecule has 1 aromatic heterocycles. The van der Waals surface area contributed by atoms with Crippen LogP contribution in [-0.2, 0) is 0 Å². The fourth-order valence-corrected chi connectivity index (χ4v) is 2.16. The van der Waals surface area contributed by atoms with Crippen molar-refractivity contribution < 1.29 is 4.74 Å². The van der Waals surface area contributed by atoms with Gasteiger partial charge in [0.15, 0.2) is 0 Å². The van der Waals surface area contributed by atoms with Crippen LogP contribution in [0.15, 0.2) is 27.7 Å². The van der Waals surface area contributed by atoms with Crippen LogP contribution in [0.4, 0.5) is 5.69 Å². The number of ether oxygens (including phenoxy) is 1. The molecule has 2 aromatic rings. The van der Waals surface area contributed by atoms with E-state index in [1.165, 1.54) is 0 Å². The summed E-state index contributed by atoms with van der Waals surface area (Å²) in [6.07, 6.45) is 1.76. The molecular formula is C12H10BrN3O. The van der Waals surface area contributed by atoms with E-state index in [-0.39, 0.29) is 0 Å². The Balaban J connectivity index is 2.11. The first kappa shape index (κ1) is 10.5. The van der Waals surface area contributed by atoms with Crippen LogP contribution in [0.3, 0.4) is 0 Å². The molecular weight excluding hydrogens is 282 g/mol. The van der Waals surface area contributed by atoms with E-state index in [1.807, 2.05) is 25.1 Å². The standard InChI is InChI=1S/C12H10BrN3O/c1-7-11(13)12(16-15-7)8-2-3-10-9(6-8)14-4-5-17-10/h2-4,6H,5H2,1H3,(H,15,16). The molecule has 3 rings (SSSR count). The highest BCUT2D eigenvalue weighted by Crippen LogP contribution is 2.36. The predicted octanol–water partition coefficient (Wildman–Crippen LogP) is 3.24. The fourth-order valence-electron chi connectivity index (χ4n) is 1.76. The maximum absolute atomic E-state index is 5.46. The van der Waals surface area contributed by atoms with Gasteiger partial charge in [0.2, 0.25) is 0 Å². The highest BCUT2D eigenvalue weighted by Gasteiger charge is 2.13. The lowest BCUT2D eigenvalue weighted by atomic mass is 10.1. The highest BCUT2D eigenvalue weighted by molar-refractivity contribution is 9.10. The van der Waals surface area contributed by atoms with Crippen molar-refractivity contribution in [1.29, 1.82) is 0 Å². The first-order valence-corrected chi connectivity index (χ1v) is 6.05. The molecule has 0 saturated carbocycles. The second kappa shape index (κ2) is 4.00. The van der Waals surface area contributed by atoms with Crippen molar-refractivity contribution in [2.75, 3.05) is 6.61 Å². The molecule has 1 N–H and O–H groups in total. The number of H-pyrrole nitrogens is 1. The number of benzene rings is 1. The number of aliphatic imine (C=N–C) groups is 1. The average molecular weight is 292 g/mol. The minimum Gasteiger partial charge on any atom is -0.486 e. The maximum Gasteiger partial charge on any atom is 0.145 e. The number of aryl methyl sites for hydroxylation is 1. The topological polar surface area (TPSA) is 50.3 Å². The van der Waals surface area contributed by atoms with Gasteiger partial charge in [-0.1, -0.05) is 0 Å². The van der Waals surface area contributed by atoms with E-state index < -0.39 is 0 Å². The first-order valence-electron chi connectivity index (χ1n) is 5.26. The molecule has 1 aliphatic rings. The first-order chi connectivity index (χ1) is 8.25. The smallest absolute Gasteiger partial charge is 0.145 e. The van der Waals surface area contributed by atoms with Gasteiger partial charge >= 0.3 is 0 Å². The van der Waals surface area contributed by atoms with E-state index in [4.69, 9.17) is 4.74 Å². The SMILES string of the molecule is Cc1[nH]nc(-c2ccc3c(c2)N=CCO3)c1Br. The van der Waals surface area contributed by atoms with Crippen LogP contribution in [0.25, 0.3) is 11.3 Å². The molecule has 2 heterocycles. The molecule has 0 unspecified atom stereocenters. The molecule has 0 fully saturated rings. The molecule has 1 aromatic carbocycles. The Labute approximate surface area is 107 Å². The lowest BCUT2D eigenvalue weighted by molar-refractivity contribution is 0.377. The largest absolute Gasteiger partial charge is 0.486 e. The molecule has 0 bridgehead atoms. The van der Waals surface area contributed by atoms with E-state index >= 15 is 0 Å². The molecule has 0 saturated heterocycles. The Hall–Kier alpha value is -1.62. The Morgan fingerprint density at radius 2 is 2.29 bits per heavy atom. The van der Waals surface area contributed by atoms with Crippen molar-refractivity contribution in [1.82, 2.24) is 10.2 Å². The fraction of sp³-hybridized carbons (Fsp3) is 0.167. The summed E-state index contributed by atoms with van der Waals surface area (Å²) in [6.45, 7) is 2.51. The third kappa shape index (κ3) is 1.76. The Kier molecular flexibility index (Phi) is 2.48. The van der Waals surface area contributed by atoms with Gasteiger partial charge in [0, 0.05) is 17.5 Å². The van der Waals surface area contributed by atoms with E-state index in [9.17, 15) is 0 Å². The van der Waals surface area contributed by atoms with Crippen LogP contribution >= 0.6 is 15.9 Å². The van der Waals surface area contributed by atoms with Crippen LogP contribution in [-0.4, -0.2) is 23.0 Å². The van der Waals surface area contributed by atoms with Crippen molar-refractivity contribution in [3.8, 4) is 17.0 Å². The lowest BCUT2D eigenvalue weighted by Crippen LogP contribution is -2.02. The third-order valence-electron chi connectivity index (χ3n) is 2.65. The molecule has 0 amide bonds. The van der Waals surface area contributed by atoms with Gasteiger partial charge in [-0.3, -0.25) is 10.1 Å². The number of nitrogens with zero attached hydrogens (tertiary/aromatic N) is 2. The predicted molar refractivity (Wildman–Crippen MR) is 70.1 cm³/mol. The monoisotopic (exact) mass is 291 g/mol. The summed E-state index contributed by atoms with van der Waals surface area (Å²) in [7, 11) is 0. The van der Waals surface area contributed by atoms with E-state index in [0.717, 1.165) is 32.9 Å². The van der Waals surface area contributed by atoms with E-state index in [1.54, 1.807) is 6.21 Å². The molecule has 4 nitrogen and oxygen atoms in total. The number of hydrogen-bond acceptors (Lipinski definition) is 3. The van der Waals surface area contributed by atoms with Crippen molar-refractivity contribution in [2.24, 2.45) is 4.99 Å². The zero-order chi connectivity index (χ0) is 11.8. The maximum atomic E-state index is 5.46. The van der Waals surface area contributed by atoms with Gasteiger partial charge in [-0.25, -0.2) is 0 Å². The second-order valence-corrected chi connectivity index (χ2v) is 4.61. The van der Waals surface area contributed by atoms with Gasteiger partial charge in [0.1, 0.15) is 23.7 Å². The molecule has 0 atom stereocenters. The summed E-state index contributed by atoms with van der Waals surface area (Å²) in [4.78, 5) is 4.31. The third-order valence-corrected chi connectivity index (χ3v) is 3.62. The molecule has 86 valence electrons. The molecule has 1 aliphatic heterocycles. The van der Waals surface area contributed by atoms with Gasteiger partial charge in [-0.2, -0.15) is 5.10 Å². The molecule has 0 aliphatic carbocycles.